The average Bonchev–Trinajstić information content (AvgIpc) is 3.28. The molecule has 0 bridgehead atoms. The Kier molecular flexibility index (Phi) is 5.14. The molecular weight excluding hydrogens is 384 g/mol. The number of nitrogens with zero attached hydrogens (tertiary/aromatic N) is 2. The normalized spacial score (nSPS) is 10.8. The van der Waals surface area contributed by atoms with Gasteiger partial charge in [-0.1, -0.05) is 29.3 Å². The van der Waals surface area contributed by atoms with Crippen molar-refractivity contribution in [2.24, 2.45) is 0 Å². The van der Waals surface area contributed by atoms with Gasteiger partial charge in [-0.25, -0.2) is 4.98 Å². The van der Waals surface area contributed by atoms with Crippen molar-refractivity contribution >= 4 is 33.8 Å². The van der Waals surface area contributed by atoms with Crippen LogP contribution in [-0.4, -0.2) is 27.7 Å². The molecule has 2 N–H and O–H groups in total. The van der Waals surface area contributed by atoms with E-state index in [0.29, 0.717) is 11.3 Å². The number of hydrogen-bond acceptors (Lipinski definition) is 4. The number of hydrogen-bond donors (Lipinski definition) is 2. The number of nitrogens with one attached hydrogen (secondary N) is 2. The Morgan fingerprint density at radius 2 is 1.79 bits per heavy atom. The zero-order valence-corrected chi connectivity index (χ0v) is 16.9. The molecule has 0 radical (unpaired) electrons. The summed E-state index contributed by atoms with van der Waals surface area (Å²) in [6, 6.07) is 13.1. The molecule has 0 saturated heterocycles. The smallest absolute Gasteiger partial charge is 0.251 e. The van der Waals surface area contributed by atoms with Crippen molar-refractivity contribution in [1.29, 1.82) is 0 Å². The first-order valence-electron chi connectivity index (χ1n) is 9.17. The third-order valence-electron chi connectivity index (χ3n) is 4.45. The quantitative estimate of drug-likeness (QED) is 0.527. The van der Waals surface area contributed by atoms with Crippen LogP contribution in [0.15, 0.2) is 60.2 Å². The second kappa shape index (κ2) is 7.89. The van der Waals surface area contributed by atoms with Crippen molar-refractivity contribution < 1.29 is 9.59 Å². The van der Waals surface area contributed by atoms with Crippen LogP contribution in [0, 0.1) is 13.8 Å². The largest absolute Gasteiger partial charge is 0.343 e. The molecule has 0 spiro atoms. The molecular formula is C22H20N4O2S. The summed E-state index contributed by atoms with van der Waals surface area (Å²) >= 11 is 1.58. The maximum Gasteiger partial charge on any atom is 0.251 e. The van der Waals surface area contributed by atoms with E-state index in [1.54, 1.807) is 23.5 Å². The molecule has 0 aliphatic rings. The summed E-state index contributed by atoms with van der Waals surface area (Å²) in [7, 11) is 0. The standard InChI is InChI=1S/C22H20N4O2S/c1-14-9-15(2)11-17(10-14)21(28)23-12-20(27)24-18-5-3-16(4-6-18)19-13-26-7-8-29-22(26)25-19/h3-11,13H,12H2,1-2H3,(H,23,28)(H,24,27). The van der Waals surface area contributed by atoms with Crippen molar-refractivity contribution in [2.45, 2.75) is 13.8 Å². The number of benzene rings is 2. The van der Waals surface area contributed by atoms with Crippen LogP contribution in [0.1, 0.15) is 21.5 Å². The lowest BCUT2D eigenvalue weighted by atomic mass is 10.1. The summed E-state index contributed by atoms with van der Waals surface area (Å²) in [6.45, 7) is 3.78. The topological polar surface area (TPSA) is 75.5 Å². The third kappa shape index (κ3) is 4.35. The zero-order valence-electron chi connectivity index (χ0n) is 16.1. The number of imidazole rings is 1. The predicted octanol–water partition coefficient (Wildman–Crippen LogP) is 4.05. The molecule has 0 fully saturated rings. The molecule has 0 aliphatic carbocycles. The number of rotatable bonds is 5. The fourth-order valence-electron chi connectivity index (χ4n) is 3.16. The van der Waals surface area contributed by atoms with Crippen LogP contribution in [0.4, 0.5) is 5.69 Å². The Hall–Kier alpha value is -3.45. The highest BCUT2D eigenvalue weighted by molar-refractivity contribution is 7.15. The highest BCUT2D eigenvalue weighted by Gasteiger charge is 2.10. The summed E-state index contributed by atoms with van der Waals surface area (Å²) in [5, 5.41) is 7.44. The second-order valence-corrected chi connectivity index (χ2v) is 7.78. The van der Waals surface area contributed by atoms with Crippen molar-refractivity contribution in [3.63, 3.8) is 0 Å². The fourth-order valence-corrected chi connectivity index (χ4v) is 3.86. The van der Waals surface area contributed by atoms with Crippen molar-refractivity contribution in [1.82, 2.24) is 14.7 Å². The first-order valence-corrected chi connectivity index (χ1v) is 10.0. The Balaban J connectivity index is 1.34. The average molecular weight is 404 g/mol. The molecule has 4 rings (SSSR count). The number of fused-ring (bicyclic) bond motifs is 1. The van der Waals surface area contributed by atoms with Gasteiger partial charge in [0.1, 0.15) is 0 Å². The molecule has 2 aromatic carbocycles. The van der Waals surface area contributed by atoms with Crippen LogP contribution in [0.3, 0.4) is 0 Å². The van der Waals surface area contributed by atoms with Crippen molar-refractivity contribution in [2.75, 3.05) is 11.9 Å². The van der Waals surface area contributed by atoms with Crippen molar-refractivity contribution in [3.8, 4) is 11.3 Å². The fraction of sp³-hybridized carbons (Fsp3) is 0.136. The Labute approximate surface area is 172 Å². The van der Waals surface area contributed by atoms with E-state index in [-0.39, 0.29) is 18.4 Å². The summed E-state index contributed by atoms with van der Waals surface area (Å²) in [6.07, 6.45) is 3.94. The number of anilines is 1. The number of aromatic nitrogens is 2. The van der Waals surface area contributed by atoms with Crippen molar-refractivity contribution in [3.05, 3.63) is 76.9 Å². The molecule has 146 valence electrons. The Morgan fingerprint density at radius 1 is 1.07 bits per heavy atom. The van der Waals surface area contributed by atoms with Gasteiger partial charge in [-0.15, -0.1) is 11.3 Å². The molecule has 0 atom stereocenters. The number of amides is 2. The maximum atomic E-state index is 12.3. The number of aryl methyl sites for hydroxylation is 2. The van der Waals surface area contributed by atoms with Gasteiger partial charge in [0.2, 0.25) is 5.91 Å². The minimum absolute atomic E-state index is 0.0924. The lowest BCUT2D eigenvalue weighted by molar-refractivity contribution is -0.115. The van der Waals surface area contributed by atoms with Gasteiger partial charge in [-0.2, -0.15) is 0 Å². The summed E-state index contributed by atoms with van der Waals surface area (Å²) in [5.41, 5.74) is 5.10. The molecule has 2 aromatic heterocycles. The highest BCUT2D eigenvalue weighted by atomic mass is 32.1. The molecule has 0 saturated carbocycles. The molecule has 7 heteroatoms. The zero-order chi connectivity index (χ0) is 20.4. The van der Waals surface area contributed by atoms with Gasteiger partial charge in [0.05, 0.1) is 12.2 Å². The minimum atomic E-state index is -0.280. The highest BCUT2D eigenvalue weighted by Crippen LogP contribution is 2.23. The minimum Gasteiger partial charge on any atom is -0.343 e. The van der Waals surface area contributed by atoms with Crippen LogP contribution in [-0.2, 0) is 4.79 Å². The third-order valence-corrected chi connectivity index (χ3v) is 5.22. The SMILES string of the molecule is Cc1cc(C)cc(C(=O)NCC(=O)Nc2ccc(-c3cn4ccsc4n3)cc2)c1. The van der Waals surface area contributed by atoms with Crippen LogP contribution in [0.2, 0.25) is 0 Å². The van der Waals surface area contributed by atoms with Crippen LogP contribution < -0.4 is 10.6 Å². The molecule has 6 nitrogen and oxygen atoms in total. The lowest BCUT2D eigenvalue weighted by Crippen LogP contribution is -2.32. The van der Waals surface area contributed by atoms with E-state index in [0.717, 1.165) is 27.3 Å². The predicted molar refractivity (Wildman–Crippen MR) is 115 cm³/mol. The van der Waals surface area contributed by atoms with E-state index in [2.05, 4.69) is 15.6 Å². The molecule has 4 aromatic rings. The van der Waals surface area contributed by atoms with Gasteiger partial charge < -0.3 is 10.6 Å². The second-order valence-electron chi connectivity index (χ2n) is 6.90. The first kappa shape index (κ1) is 18.9. The monoisotopic (exact) mass is 404 g/mol. The summed E-state index contributed by atoms with van der Waals surface area (Å²) in [5.74, 6) is -0.542. The van der Waals surface area contributed by atoms with Gasteiger partial charge in [0, 0.05) is 34.6 Å². The van der Waals surface area contributed by atoms with E-state index in [4.69, 9.17) is 0 Å². The molecule has 29 heavy (non-hydrogen) atoms. The Morgan fingerprint density at radius 3 is 2.48 bits per heavy atom. The number of carbonyl (C=O) groups is 2. The van der Waals surface area contributed by atoms with Gasteiger partial charge in [-0.3, -0.25) is 14.0 Å². The van der Waals surface area contributed by atoms with E-state index in [9.17, 15) is 9.59 Å². The summed E-state index contributed by atoms with van der Waals surface area (Å²) in [4.78, 5) is 30.0. The van der Waals surface area contributed by atoms with E-state index < -0.39 is 0 Å². The molecule has 2 heterocycles. The number of carbonyl (C=O) groups excluding carboxylic acids is 2. The molecule has 2 amide bonds. The van der Waals surface area contributed by atoms with E-state index >= 15 is 0 Å². The van der Waals surface area contributed by atoms with E-state index in [1.807, 2.05) is 66.4 Å². The van der Waals surface area contributed by atoms with Gasteiger partial charge in [-0.05, 0) is 38.1 Å². The summed E-state index contributed by atoms with van der Waals surface area (Å²) < 4.78 is 1.98. The first-order chi connectivity index (χ1) is 14.0. The molecule has 0 aliphatic heterocycles. The van der Waals surface area contributed by atoms with Crippen LogP contribution >= 0.6 is 11.3 Å². The van der Waals surface area contributed by atoms with E-state index in [1.165, 1.54) is 0 Å². The van der Waals surface area contributed by atoms with Crippen LogP contribution in [0.5, 0.6) is 0 Å². The number of thiazole rings is 1. The lowest BCUT2D eigenvalue weighted by Gasteiger charge is -2.08. The molecule has 0 unspecified atom stereocenters. The van der Waals surface area contributed by atoms with Crippen LogP contribution in [0.25, 0.3) is 16.2 Å². The van der Waals surface area contributed by atoms with Gasteiger partial charge in [0.15, 0.2) is 4.96 Å². The van der Waals surface area contributed by atoms with Gasteiger partial charge in [0.25, 0.3) is 5.91 Å². The van der Waals surface area contributed by atoms with Gasteiger partial charge >= 0.3 is 0 Å². The Bertz CT molecular complexity index is 1140. The maximum absolute atomic E-state index is 12.3.